The van der Waals surface area contributed by atoms with Gasteiger partial charge in [0, 0.05) is 29.1 Å². The van der Waals surface area contributed by atoms with E-state index in [9.17, 15) is 8.42 Å². The van der Waals surface area contributed by atoms with E-state index in [1.807, 2.05) is 12.1 Å². The van der Waals surface area contributed by atoms with Crippen molar-refractivity contribution in [2.45, 2.75) is 6.54 Å². The zero-order chi connectivity index (χ0) is 14.6. The summed E-state index contributed by atoms with van der Waals surface area (Å²) < 4.78 is 25.0. The third-order valence-corrected chi connectivity index (χ3v) is 3.33. The Balaban J connectivity index is 2.05. The summed E-state index contributed by atoms with van der Waals surface area (Å²) >= 11 is 3.35. The van der Waals surface area contributed by atoms with Gasteiger partial charge in [-0.2, -0.15) is 8.42 Å². The standard InChI is InChI=1S/C12H13BrN4O2S/c13-10-4-9(6-15-8-10)7-16-11-2-1-3-12(5-11)17-20(14,18)19/h1-6,8,16-17H,7H2,(H2,14,18,19). The van der Waals surface area contributed by atoms with Gasteiger partial charge in [-0.15, -0.1) is 0 Å². The molecule has 2 rings (SSSR count). The lowest BCUT2D eigenvalue weighted by atomic mass is 10.2. The van der Waals surface area contributed by atoms with E-state index in [0.29, 0.717) is 12.2 Å². The van der Waals surface area contributed by atoms with Gasteiger partial charge < -0.3 is 5.32 Å². The van der Waals surface area contributed by atoms with Crippen LogP contribution in [0.5, 0.6) is 0 Å². The number of nitrogens with one attached hydrogen (secondary N) is 2. The van der Waals surface area contributed by atoms with E-state index in [-0.39, 0.29) is 0 Å². The fraction of sp³-hybridized carbons (Fsp3) is 0.0833. The Morgan fingerprint density at radius 2 is 1.95 bits per heavy atom. The first-order valence-electron chi connectivity index (χ1n) is 5.66. The highest BCUT2D eigenvalue weighted by Crippen LogP contribution is 2.17. The highest BCUT2D eigenvalue weighted by molar-refractivity contribution is 9.10. The molecule has 0 saturated carbocycles. The van der Waals surface area contributed by atoms with Crippen molar-refractivity contribution in [1.82, 2.24) is 4.98 Å². The molecule has 20 heavy (non-hydrogen) atoms. The van der Waals surface area contributed by atoms with Gasteiger partial charge in [-0.3, -0.25) is 9.71 Å². The molecule has 106 valence electrons. The number of aromatic nitrogens is 1. The molecule has 0 fully saturated rings. The number of benzene rings is 1. The molecular weight excluding hydrogens is 344 g/mol. The second kappa shape index (κ2) is 6.21. The maximum atomic E-state index is 11.0. The largest absolute Gasteiger partial charge is 0.381 e. The van der Waals surface area contributed by atoms with Crippen LogP contribution in [0.1, 0.15) is 5.56 Å². The predicted octanol–water partition coefficient (Wildman–Crippen LogP) is 2.07. The van der Waals surface area contributed by atoms with Gasteiger partial charge in [-0.1, -0.05) is 6.07 Å². The quantitative estimate of drug-likeness (QED) is 0.763. The summed E-state index contributed by atoms with van der Waals surface area (Å²) in [7, 11) is -3.76. The van der Waals surface area contributed by atoms with Crippen LogP contribution in [-0.2, 0) is 16.8 Å². The molecule has 0 unspecified atom stereocenters. The van der Waals surface area contributed by atoms with E-state index < -0.39 is 10.2 Å². The molecule has 1 aromatic heterocycles. The average Bonchev–Trinajstić information content (AvgIpc) is 2.35. The lowest BCUT2D eigenvalue weighted by Crippen LogP contribution is -2.21. The van der Waals surface area contributed by atoms with E-state index in [1.165, 1.54) is 0 Å². The highest BCUT2D eigenvalue weighted by atomic mass is 79.9. The summed E-state index contributed by atoms with van der Waals surface area (Å²) in [4.78, 5) is 4.07. The van der Waals surface area contributed by atoms with Crippen LogP contribution in [0.25, 0.3) is 0 Å². The molecule has 8 heteroatoms. The third kappa shape index (κ3) is 4.80. The number of rotatable bonds is 5. The zero-order valence-electron chi connectivity index (χ0n) is 10.4. The molecule has 0 saturated heterocycles. The number of hydrogen-bond acceptors (Lipinski definition) is 4. The zero-order valence-corrected chi connectivity index (χ0v) is 12.8. The van der Waals surface area contributed by atoms with Crippen LogP contribution in [0.2, 0.25) is 0 Å². The Morgan fingerprint density at radius 1 is 1.20 bits per heavy atom. The minimum absolute atomic E-state index is 0.407. The summed E-state index contributed by atoms with van der Waals surface area (Å²) in [5.41, 5.74) is 2.19. The Bertz CT molecular complexity index is 706. The van der Waals surface area contributed by atoms with Crippen molar-refractivity contribution in [2.75, 3.05) is 10.0 Å². The normalized spacial score (nSPS) is 11.1. The Labute approximate surface area is 125 Å². The fourth-order valence-electron chi connectivity index (χ4n) is 1.61. The van der Waals surface area contributed by atoms with E-state index in [0.717, 1.165) is 15.7 Å². The van der Waals surface area contributed by atoms with Crippen LogP contribution in [0, 0.1) is 0 Å². The van der Waals surface area contributed by atoms with Gasteiger partial charge in [-0.05, 0) is 45.8 Å². The number of nitrogens with zero attached hydrogens (tertiary/aromatic N) is 1. The third-order valence-electron chi connectivity index (χ3n) is 2.38. The van der Waals surface area contributed by atoms with E-state index in [4.69, 9.17) is 5.14 Å². The number of hydrogen-bond donors (Lipinski definition) is 3. The maximum Gasteiger partial charge on any atom is 0.296 e. The van der Waals surface area contributed by atoms with Gasteiger partial charge in [0.2, 0.25) is 0 Å². The minimum Gasteiger partial charge on any atom is -0.381 e. The molecule has 1 aromatic carbocycles. The molecule has 0 radical (unpaired) electrons. The smallest absolute Gasteiger partial charge is 0.296 e. The van der Waals surface area contributed by atoms with Crippen molar-refractivity contribution < 1.29 is 8.42 Å². The summed E-state index contributed by atoms with van der Waals surface area (Å²) in [6.07, 6.45) is 3.46. The van der Waals surface area contributed by atoms with Gasteiger partial charge in [0.15, 0.2) is 0 Å². The molecule has 0 atom stereocenters. The van der Waals surface area contributed by atoms with Crippen LogP contribution < -0.4 is 15.2 Å². The van der Waals surface area contributed by atoms with Gasteiger partial charge in [0.1, 0.15) is 0 Å². The summed E-state index contributed by atoms with van der Waals surface area (Å²) in [6.45, 7) is 0.575. The van der Waals surface area contributed by atoms with E-state index in [2.05, 4.69) is 31.0 Å². The topological polar surface area (TPSA) is 97.1 Å². The molecule has 4 N–H and O–H groups in total. The number of halogens is 1. The molecule has 1 heterocycles. The molecule has 0 aliphatic heterocycles. The summed E-state index contributed by atoms with van der Waals surface area (Å²) in [5.74, 6) is 0. The number of nitrogens with two attached hydrogens (primary N) is 1. The van der Waals surface area contributed by atoms with Crippen molar-refractivity contribution in [1.29, 1.82) is 0 Å². The van der Waals surface area contributed by atoms with Crippen LogP contribution in [0.3, 0.4) is 0 Å². The van der Waals surface area contributed by atoms with Crippen molar-refractivity contribution in [3.05, 3.63) is 52.8 Å². The first-order valence-corrected chi connectivity index (χ1v) is 8.00. The summed E-state index contributed by atoms with van der Waals surface area (Å²) in [5, 5.41) is 8.10. The second-order valence-electron chi connectivity index (χ2n) is 4.09. The van der Waals surface area contributed by atoms with Crippen molar-refractivity contribution >= 4 is 37.5 Å². The lowest BCUT2D eigenvalue weighted by Gasteiger charge is -2.09. The molecule has 2 aromatic rings. The fourth-order valence-corrected chi connectivity index (χ4v) is 2.48. The molecule has 0 bridgehead atoms. The molecular formula is C12H13BrN4O2S. The Morgan fingerprint density at radius 3 is 2.65 bits per heavy atom. The van der Waals surface area contributed by atoms with Crippen LogP contribution >= 0.6 is 15.9 Å². The van der Waals surface area contributed by atoms with Crippen LogP contribution in [0.15, 0.2) is 47.2 Å². The van der Waals surface area contributed by atoms with E-state index >= 15 is 0 Å². The van der Waals surface area contributed by atoms with Gasteiger partial charge in [0.25, 0.3) is 10.2 Å². The van der Waals surface area contributed by atoms with Crippen molar-refractivity contribution in [3.8, 4) is 0 Å². The van der Waals surface area contributed by atoms with Crippen LogP contribution in [-0.4, -0.2) is 13.4 Å². The van der Waals surface area contributed by atoms with Crippen molar-refractivity contribution in [3.63, 3.8) is 0 Å². The Kier molecular flexibility index (Phi) is 4.58. The molecule has 0 amide bonds. The highest BCUT2D eigenvalue weighted by Gasteiger charge is 2.03. The predicted molar refractivity (Wildman–Crippen MR) is 82.4 cm³/mol. The monoisotopic (exact) mass is 356 g/mol. The van der Waals surface area contributed by atoms with Gasteiger partial charge in [0.05, 0.1) is 5.69 Å². The maximum absolute atomic E-state index is 11.0. The molecule has 0 aliphatic rings. The first-order chi connectivity index (χ1) is 9.42. The molecule has 0 spiro atoms. The van der Waals surface area contributed by atoms with Gasteiger partial charge >= 0.3 is 0 Å². The van der Waals surface area contributed by atoms with Crippen LogP contribution in [0.4, 0.5) is 11.4 Å². The lowest BCUT2D eigenvalue weighted by molar-refractivity contribution is 0.603. The van der Waals surface area contributed by atoms with Crippen molar-refractivity contribution in [2.24, 2.45) is 5.14 Å². The molecule has 0 aliphatic carbocycles. The Hall–Kier alpha value is -1.64. The number of anilines is 2. The first kappa shape index (κ1) is 14.8. The minimum atomic E-state index is -3.76. The van der Waals surface area contributed by atoms with E-state index in [1.54, 1.807) is 30.6 Å². The average molecular weight is 357 g/mol. The van der Waals surface area contributed by atoms with Gasteiger partial charge in [-0.25, -0.2) is 5.14 Å². The SMILES string of the molecule is NS(=O)(=O)Nc1cccc(NCc2cncc(Br)c2)c1. The summed E-state index contributed by atoms with van der Waals surface area (Å²) in [6, 6.07) is 8.80. The molecule has 6 nitrogen and oxygen atoms in total. The number of pyridine rings is 1. The second-order valence-corrected chi connectivity index (χ2v) is 6.30.